The molecule has 0 aromatic heterocycles. The van der Waals surface area contributed by atoms with Gasteiger partial charge in [0.25, 0.3) is 5.91 Å². The lowest BCUT2D eigenvalue weighted by Crippen LogP contribution is -2.31. The van der Waals surface area contributed by atoms with Crippen molar-refractivity contribution in [2.75, 3.05) is 13.7 Å². The number of carbonyl (C=O) groups is 1. The van der Waals surface area contributed by atoms with Crippen LogP contribution in [-0.4, -0.2) is 24.7 Å². The highest BCUT2D eigenvalue weighted by Crippen LogP contribution is 2.19. The maximum Gasteiger partial charge on any atom is 0.253 e. The molecule has 0 radical (unpaired) electrons. The molecule has 2 aromatic carbocycles. The molecule has 0 aliphatic carbocycles. The molecule has 2 rings (SSSR count). The third-order valence-corrected chi connectivity index (χ3v) is 3.85. The van der Waals surface area contributed by atoms with Crippen LogP contribution in [0.3, 0.4) is 0 Å². The summed E-state index contributed by atoms with van der Waals surface area (Å²) in [7, 11) is 1.55. The zero-order valence-corrected chi connectivity index (χ0v) is 13.8. The van der Waals surface area contributed by atoms with Gasteiger partial charge in [0.1, 0.15) is 5.75 Å². The van der Waals surface area contributed by atoms with E-state index in [1.807, 2.05) is 0 Å². The molecule has 1 amide bonds. The molecule has 0 saturated carbocycles. The monoisotopic (exact) mass is 313 g/mol. The summed E-state index contributed by atoms with van der Waals surface area (Å²) in [5, 5.41) is 12.9. The van der Waals surface area contributed by atoms with Gasteiger partial charge in [-0.05, 0) is 49.1 Å². The van der Waals surface area contributed by atoms with E-state index >= 15 is 0 Å². The van der Waals surface area contributed by atoms with E-state index in [4.69, 9.17) is 4.74 Å². The Bertz CT molecular complexity index is 682. The minimum Gasteiger partial charge on any atom is -0.497 e. The van der Waals surface area contributed by atoms with Gasteiger partial charge in [0.15, 0.2) is 6.10 Å². The zero-order valence-electron chi connectivity index (χ0n) is 13.8. The second-order valence-corrected chi connectivity index (χ2v) is 5.65. The number of hydrogen-bond acceptors (Lipinski definition) is 3. The van der Waals surface area contributed by atoms with Gasteiger partial charge in [0.2, 0.25) is 0 Å². The van der Waals surface area contributed by atoms with E-state index < -0.39 is 12.0 Å². The maximum atomic E-state index is 12.1. The Balaban J connectivity index is 1.91. The lowest BCUT2D eigenvalue weighted by Gasteiger charge is -2.13. The fourth-order valence-electron chi connectivity index (χ4n) is 2.51. The van der Waals surface area contributed by atoms with Crippen molar-refractivity contribution in [3.63, 3.8) is 0 Å². The summed E-state index contributed by atoms with van der Waals surface area (Å²) in [6, 6.07) is 13.2. The van der Waals surface area contributed by atoms with Gasteiger partial charge in [-0.1, -0.05) is 35.9 Å². The number of nitrogens with one attached hydrogen (secondary N) is 1. The van der Waals surface area contributed by atoms with Gasteiger partial charge in [-0.3, -0.25) is 4.79 Å². The zero-order chi connectivity index (χ0) is 16.8. The number of methoxy groups -OCH3 is 1. The standard InChI is InChI=1S/C19H23NO3/c1-13-7-8-15(14(2)11-13)9-10-20-19(22)18(21)16-5-4-6-17(12-16)23-3/h4-8,11-12,18,21H,9-10H2,1-3H3,(H,20,22). The molecule has 4 nitrogen and oxygen atoms in total. The Morgan fingerprint density at radius 3 is 2.70 bits per heavy atom. The van der Waals surface area contributed by atoms with Crippen LogP contribution in [0, 0.1) is 13.8 Å². The number of ether oxygens (including phenoxy) is 1. The summed E-state index contributed by atoms with van der Waals surface area (Å²) in [6.07, 6.45) is -0.452. The van der Waals surface area contributed by atoms with E-state index in [1.165, 1.54) is 16.7 Å². The van der Waals surface area contributed by atoms with Crippen molar-refractivity contribution in [1.29, 1.82) is 0 Å². The average Bonchev–Trinajstić information content (AvgIpc) is 2.56. The van der Waals surface area contributed by atoms with Crippen LogP contribution in [0.25, 0.3) is 0 Å². The minimum atomic E-state index is -1.19. The molecule has 2 N–H and O–H groups in total. The number of amides is 1. The Kier molecular flexibility index (Phi) is 5.77. The molecular formula is C19H23NO3. The molecule has 0 saturated heterocycles. The molecule has 0 fully saturated rings. The molecular weight excluding hydrogens is 290 g/mol. The van der Waals surface area contributed by atoms with Crippen LogP contribution in [-0.2, 0) is 11.2 Å². The summed E-state index contributed by atoms with van der Waals surface area (Å²) in [5.74, 6) is 0.215. The summed E-state index contributed by atoms with van der Waals surface area (Å²) in [5.41, 5.74) is 4.16. The van der Waals surface area contributed by atoms with E-state index in [2.05, 4.69) is 37.4 Å². The van der Waals surface area contributed by atoms with Crippen molar-refractivity contribution in [2.24, 2.45) is 0 Å². The quantitative estimate of drug-likeness (QED) is 0.862. The van der Waals surface area contributed by atoms with Crippen molar-refractivity contribution in [3.05, 3.63) is 64.7 Å². The minimum absolute atomic E-state index is 0.400. The smallest absolute Gasteiger partial charge is 0.253 e. The largest absolute Gasteiger partial charge is 0.497 e. The molecule has 0 spiro atoms. The SMILES string of the molecule is COc1cccc(C(O)C(=O)NCCc2ccc(C)cc2C)c1. The van der Waals surface area contributed by atoms with Crippen LogP contribution >= 0.6 is 0 Å². The van der Waals surface area contributed by atoms with Crippen molar-refractivity contribution < 1.29 is 14.6 Å². The third-order valence-electron chi connectivity index (χ3n) is 3.85. The fraction of sp³-hybridized carbons (Fsp3) is 0.316. The normalized spacial score (nSPS) is 11.8. The summed E-state index contributed by atoms with van der Waals surface area (Å²) >= 11 is 0. The second-order valence-electron chi connectivity index (χ2n) is 5.65. The van der Waals surface area contributed by atoms with Crippen molar-refractivity contribution in [2.45, 2.75) is 26.4 Å². The second kappa shape index (κ2) is 7.79. The Morgan fingerprint density at radius 1 is 1.22 bits per heavy atom. The van der Waals surface area contributed by atoms with E-state index in [0.717, 1.165) is 6.42 Å². The molecule has 0 bridgehead atoms. The fourth-order valence-corrected chi connectivity index (χ4v) is 2.51. The van der Waals surface area contributed by atoms with E-state index in [9.17, 15) is 9.90 Å². The van der Waals surface area contributed by atoms with Gasteiger partial charge >= 0.3 is 0 Å². The highest BCUT2D eigenvalue weighted by atomic mass is 16.5. The first-order valence-electron chi connectivity index (χ1n) is 7.67. The summed E-state index contributed by atoms with van der Waals surface area (Å²) < 4.78 is 5.10. The van der Waals surface area contributed by atoms with Crippen molar-refractivity contribution >= 4 is 5.91 Å². The van der Waals surface area contributed by atoms with E-state index in [-0.39, 0.29) is 0 Å². The number of aryl methyl sites for hydroxylation is 2. The van der Waals surface area contributed by atoms with Gasteiger partial charge in [0.05, 0.1) is 7.11 Å². The first-order chi connectivity index (χ1) is 11.0. The van der Waals surface area contributed by atoms with Crippen molar-refractivity contribution in [1.82, 2.24) is 5.32 Å². The predicted octanol–water partition coefficient (Wildman–Crippen LogP) is 2.70. The van der Waals surface area contributed by atoms with Gasteiger partial charge in [-0.2, -0.15) is 0 Å². The van der Waals surface area contributed by atoms with Gasteiger partial charge in [0, 0.05) is 6.54 Å². The first-order valence-corrected chi connectivity index (χ1v) is 7.67. The van der Waals surface area contributed by atoms with E-state index in [1.54, 1.807) is 31.4 Å². The number of rotatable bonds is 6. The number of carbonyl (C=O) groups excluding carboxylic acids is 1. The lowest BCUT2D eigenvalue weighted by atomic mass is 10.0. The Labute approximate surface area is 137 Å². The Hall–Kier alpha value is -2.33. The van der Waals surface area contributed by atoms with Crippen LogP contribution < -0.4 is 10.1 Å². The molecule has 0 aliphatic heterocycles. The molecule has 4 heteroatoms. The number of aliphatic hydroxyl groups is 1. The van der Waals surface area contributed by atoms with Crippen LogP contribution in [0.2, 0.25) is 0 Å². The highest BCUT2D eigenvalue weighted by molar-refractivity contribution is 5.82. The molecule has 0 aliphatic rings. The lowest BCUT2D eigenvalue weighted by molar-refractivity contribution is -0.129. The van der Waals surface area contributed by atoms with Crippen LogP contribution in [0.5, 0.6) is 5.75 Å². The first kappa shape index (κ1) is 17.0. The predicted molar refractivity (Wildman–Crippen MR) is 90.6 cm³/mol. The number of hydrogen-bond donors (Lipinski definition) is 2. The van der Waals surface area contributed by atoms with Crippen LogP contribution in [0.1, 0.15) is 28.4 Å². The van der Waals surface area contributed by atoms with E-state index in [0.29, 0.717) is 17.9 Å². The topological polar surface area (TPSA) is 58.6 Å². The maximum absolute atomic E-state index is 12.1. The summed E-state index contributed by atoms with van der Waals surface area (Å²) in [6.45, 7) is 4.61. The third kappa shape index (κ3) is 4.57. The van der Waals surface area contributed by atoms with Gasteiger partial charge in [-0.25, -0.2) is 0 Å². The van der Waals surface area contributed by atoms with Crippen molar-refractivity contribution in [3.8, 4) is 5.75 Å². The number of benzene rings is 2. The molecule has 23 heavy (non-hydrogen) atoms. The van der Waals surface area contributed by atoms with Gasteiger partial charge < -0.3 is 15.2 Å². The number of aliphatic hydroxyl groups excluding tert-OH is 1. The van der Waals surface area contributed by atoms with Gasteiger partial charge in [-0.15, -0.1) is 0 Å². The summed E-state index contributed by atoms with van der Waals surface area (Å²) in [4.78, 5) is 12.1. The highest BCUT2D eigenvalue weighted by Gasteiger charge is 2.17. The molecule has 1 atom stereocenters. The molecule has 122 valence electrons. The molecule has 2 aromatic rings. The molecule has 1 unspecified atom stereocenters. The van der Waals surface area contributed by atoms with Crippen LogP contribution in [0.15, 0.2) is 42.5 Å². The Morgan fingerprint density at radius 2 is 2.00 bits per heavy atom. The average molecular weight is 313 g/mol. The van der Waals surface area contributed by atoms with Crippen LogP contribution in [0.4, 0.5) is 0 Å². The molecule has 0 heterocycles.